The number of rotatable bonds is 4. The molecule has 0 saturated carbocycles. The quantitative estimate of drug-likeness (QED) is 0.876. The number of carboxylic acids is 1. The molecular weight excluding hydrogens is 276 g/mol. The second-order valence-electron chi connectivity index (χ2n) is 4.80. The molecule has 0 radical (unpaired) electrons. The number of carboxylic acid groups (broad SMARTS) is 1. The Morgan fingerprint density at radius 2 is 2.10 bits per heavy atom. The fraction of sp³-hybridized carbons (Fsp3) is 0.385. The summed E-state index contributed by atoms with van der Waals surface area (Å²) >= 11 is 0. The van der Waals surface area contributed by atoms with E-state index >= 15 is 0 Å². The number of hydrogen-bond acceptors (Lipinski definition) is 5. The van der Waals surface area contributed by atoms with Gasteiger partial charge in [-0.05, 0) is 26.8 Å². The molecule has 0 aromatic carbocycles. The topological polar surface area (TPSA) is 110 Å². The molecule has 0 bridgehead atoms. The first kappa shape index (κ1) is 14.8. The van der Waals surface area contributed by atoms with Gasteiger partial charge < -0.3 is 14.9 Å². The molecule has 1 amide bonds. The summed E-state index contributed by atoms with van der Waals surface area (Å²) < 4.78 is 6.60. The van der Waals surface area contributed by atoms with Gasteiger partial charge in [-0.1, -0.05) is 5.16 Å². The number of carbonyl (C=O) groups excluding carboxylic acids is 1. The second kappa shape index (κ2) is 5.39. The Morgan fingerprint density at radius 1 is 1.43 bits per heavy atom. The number of nitrogens with one attached hydrogen (secondary N) is 1. The van der Waals surface area contributed by atoms with E-state index in [1.54, 1.807) is 24.7 Å². The number of amides is 1. The first-order valence-electron chi connectivity index (χ1n) is 6.32. The molecule has 8 nitrogen and oxygen atoms in total. The van der Waals surface area contributed by atoms with Crippen molar-refractivity contribution in [2.45, 2.75) is 26.8 Å². The Kier molecular flexibility index (Phi) is 3.79. The Balaban J connectivity index is 2.20. The normalized spacial score (nSPS) is 12.2. The van der Waals surface area contributed by atoms with Crippen LogP contribution in [0.2, 0.25) is 0 Å². The van der Waals surface area contributed by atoms with Crippen molar-refractivity contribution in [3.63, 3.8) is 0 Å². The lowest BCUT2D eigenvalue weighted by Crippen LogP contribution is -2.28. The summed E-state index contributed by atoms with van der Waals surface area (Å²) in [4.78, 5) is 23.3. The predicted molar refractivity (Wildman–Crippen MR) is 72.0 cm³/mol. The molecule has 0 aliphatic rings. The van der Waals surface area contributed by atoms with Crippen molar-refractivity contribution >= 4 is 11.9 Å². The smallest absolute Gasteiger partial charge is 0.341 e. The number of hydrogen-bond donors (Lipinski definition) is 2. The van der Waals surface area contributed by atoms with Crippen LogP contribution in [0.4, 0.5) is 0 Å². The highest BCUT2D eigenvalue weighted by Gasteiger charge is 2.26. The second-order valence-corrected chi connectivity index (χ2v) is 4.80. The van der Waals surface area contributed by atoms with E-state index in [4.69, 9.17) is 9.63 Å². The van der Waals surface area contributed by atoms with Gasteiger partial charge in [0.25, 0.3) is 5.91 Å². The summed E-state index contributed by atoms with van der Waals surface area (Å²) in [5.74, 6) is -1.43. The fourth-order valence-electron chi connectivity index (χ4n) is 1.95. The summed E-state index contributed by atoms with van der Waals surface area (Å²) in [5, 5.41) is 19.5. The van der Waals surface area contributed by atoms with Crippen LogP contribution in [0.1, 0.15) is 51.0 Å². The molecule has 2 aromatic rings. The zero-order valence-electron chi connectivity index (χ0n) is 12.2. The number of nitrogens with zero attached hydrogens (tertiary/aromatic N) is 3. The van der Waals surface area contributed by atoms with Crippen LogP contribution < -0.4 is 5.32 Å². The summed E-state index contributed by atoms with van der Waals surface area (Å²) in [5.41, 5.74) is 1.34. The molecule has 2 aromatic heterocycles. The fourth-order valence-corrected chi connectivity index (χ4v) is 1.95. The van der Waals surface area contributed by atoms with Gasteiger partial charge in [0.05, 0.1) is 11.7 Å². The summed E-state index contributed by atoms with van der Waals surface area (Å²) in [6.45, 7) is 4.99. The van der Waals surface area contributed by atoms with E-state index in [-0.39, 0.29) is 22.7 Å². The van der Waals surface area contributed by atoms with Gasteiger partial charge in [-0.2, -0.15) is 5.10 Å². The molecule has 2 N–H and O–H groups in total. The molecule has 0 spiro atoms. The van der Waals surface area contributed by atoms with Crippen LogP contribution >= 0.6 is 0 Å². The number of aromatic carboxylic acids is 1. The highest BCUT2D eigenvalue weighted by Crippen LogP contribution is 2.21. The average Bonchev–Trinajstić information content (AvgIpc) is 2.93. The van der Waals surface area contributed by atoms with Gasteiger partial charge in [-0.15, -0.1) is 0 Å². The Bertz CT molecular complexity index is 682. The third kappa shape index (κ3) is 2.78. The molecular formula is C13H16N4O4. The lowest BCUT2D eigenvalue weighted by molar-refractivity contribution is 0.0690. The molecule has 2 heterocycles. The Morgan fingerprint density at radius 3 is 2.62 bits per heavy atom. The van der Waals surface area contributed by atoms with E-state index in [0.29, 0.717) is 0 Å². The standard InChI is InChI=1S/C13H16N4O4/c1-6-5-9(15-17(6)4)12(18)14-8(3)11-10(13(19)20)7(2)16-21-11/h5,8H,1-4H3,(H,14,18)(H,19,20). The van der Waals surface area contributed by atoms with Crippen molar-refractivity contribution in [1.82, 2.24) is 20.3 Å². The minimum Gasteiger partial charge on any atom is -0.477 e. The maximum absolute atomic E-state index is 12.1. The van der Waals surface area contributed by atoms with Gasteiger partial charge in [0.15, 0.2) is 5.76 Å². The molecule has 0 fully saturated rings. The van der Waals surface area contributed by atoms with Crippen LogP contribution in [-0.4, -0.2) is 31.9 Å². The van der Waals surface area contributed by atoms with Crippen LogP contribution in [0.25, 0.3) is 0 Å². The monoisotopic (exact) mass is 292 g/mol. The maximum Gasteiger partial charge on any atom is 0.341 e. The average molecular weight is 292 g/mol. The van der Waals surface area contributed by atoms with Crippen molar-refractivity contribution in [2.24, 2.45) is 7.05 Å². The van der Waals surface area contributed by atoms with Crippen molar-refractivity contribution in [3.8, 4) is 0 Å². The van der Waals surface area contributed by atoms with Gasteiger partial charge in [0, 0.05) is 12.7 Å². The molecule has 0 aliphatic heterocycles. The SMILES string of the molecule is Cc1noc(C(C)NC(=O)c2cc(C)n(C)n2)c1C(=O)O. The van der Waals surface area contributed by atoms with Crippen LogP contribution in [0.5, 0.6) is 0 Å². The first-order chi connectivity index (χ1) is 9.81. The number of aryl methyl sites for hydroxylation is 3. The minimum absolute atomic E-state index is 0.0278. The van der Waals surface area contributed by atoms with Crippen molar-refractivity contribution in [3.05, 3.63) is 34.5 Å². The summed E-state index contributed by atoms with van der Waals surface area (Å²) in [6.07, 6.45) is 0. The molecule has 1 atom stereocenters. The van der Waals surface area contributed by atoms with E-state index in [1.165, 1.54) is 6.92 Å². The molecule has 112 valence electrons. The van der Waals surface area contributed by atoms with Crippen LogP contribution in [0.3, 0.4) is 0 Å². The highest BCUT2D eigenvalue weighted by molar-refractivity contribution is 5.93. The summed E-state index contributed by atoms with van der Waals surface area (Å²) in [7, 11) is 1.73. The lowest BCUT2D eigenvalue weighted by Gasteiger charge is -2.10. The molecule has 0 aliphatic carbocycles. The molecule has 1 unspecified atom stereocenters. The Labute approximate surface area is 120 Å². The van der Waals surface area contributed by atoms with E-state index < -0.39 is 17.9 Å². The van der Waals surface area contributed by atoms with Crippen molar-refractivity contribution in [2.75, 3.05) is 0 Å². The first-order valence-corrected chi connectivity index (χ1v) is 6.32. The molecule has 8 heteroatoms. The minimum atomic E-state index is -1.14. The van der Waals surface area contributed by atoms with Crippen LogP contribution in [-0.2, 0) is 7.05 Å². The van der Waals surface area contributed by atoms with Gasteiger partial charge in [0.2, 0.25) is 0 Å². The van der Waals surface area contributed by atoms with E-state index in [0.717, 1.165) is 5.69 Å². The largest absolute Gasteiger partial charge is 0.477 e. The lowest BCUT2D eigenvalue weighted by atomic mass is 10.1. The molecule has 2 rings (SSSR count). The Hall–Kier alpha value is -2.64. The van der Waals surface area contributed by atoms with Crippen LogP contribution in [0, 0.1) is 13.8 Å². The predicted octanol–water partition coefficient (Wildman–Crippen LogP) is 1.21. The van der Waals surface area contributed by atoms with E-state index in [9.17, 15) is 9.59 Å². The van der Waals surface area contributed by atoms with Gasteiger partial charge >= 0.3 is 5.97 Å². The van der Waals surface area contributed by atoms with Gasteiger partial charge in [-0.3, -0.25) is 9.48 Å². The van der Waals surface area contributed by atoms with Gasteiger partial charge in [-0.25, -0.2) is 4.79 Å². The third-order valence-corrected chi connectivity index (χ3v) is 3.19. The molecule has 0 saturated heterocycles. The van der Waals surface area contributed by atoms with Gasteiger partial charge in [0.1, 0.15) is 11.3 Å². The van der Waals surface area contributed by atoms with Crippen molar-refractivity contribution in [1.29, 1.82) is 0 Å². The molecule has 21 heavy (non-hydrogen) atoms. The zero-order valence-corrected chi connectivity index (χ0v) is 12.2. The van der Waals surface area contributed by atoms with E-state index in [2.05, 4.69) is 15.6 Å². The number of carbonyl (C=O) groups is 2. The highest BCUT2D eigenvalue weighted by atomic mass is 16.5. The number of aromatic nitrogens is 3. The summed E-state index contributed by atoms with van der Waals surface area (Å²) in [6, 6.07) is 1.01. The zero-order chi connectivity index (χ0) is 15.7. The van der Waals surface area contributed by atoms with E-state index in [1.807, 2.05) is 6.92 Å². The third-order valence-electron chi connectivity index (χ3n) is 3.19. The maximum atomic E-state index is 12.1. The van der Waals surface area contributed by atoms with Crippen LogP contribution in [0.15, 0.2) is 10.6 Å². The van der Waals surface area contributed by atoms with Crippen molar-refractivity contribution < 1.29 is 19.2 Å².